The molecule has 118 valence electrons. The SMILES string of the molecule is N#Cc1ccc(C(Sc2ncn(-c3ccccc3)n2)C(=O)O)cc1. The Kier molecular flexibility index (Phi) is 4.59. The van der Waals surface area contributed by atoms with Gasteiger partial charge in [-0.15, -0.1) is 5.10 Å². The Balaban J connectivity index is 1.83. The van der Waals surface area contributed by atoms with E-state index in [4.69, 9.17) is 5.26 Å². The number of aliphatic carboxylic acids is 1. The molecule has 0 saturated heterocycles. The number of carbonyl (C=O) groups is 1. The quantitative estimate of drug-likeness (QED) is 0.720. The molecule has 1 atom stereocenters. The second kappa shape index (κ2) is 6.98. The lowest BCUT2D eigenvalue weighted by molar-refractivity contribution is -0.136. The van der Waals surface area contributed by atoms with Crippen molar-refractivity contribution < 1.29 is 9.90 Å². The zero-order valence-corrected chi connectivity index (χ0v) is 13.2. The van der Waals surface area contributed by atoms with Gasteiger partial charge < -0.3 is 5.11 Å². The Morgan fingerprint density at radius 1 is 1.17 bits per heavy atom. The molecule has 0 fully saturated rings. The van der Waals surface area contributed by atoms with E-state index >= 15 is 0 Å². The number of carboxylic acids is 1. The van der Waals surface area contributed by atoms with E-state index in [-0.39, 0.29) is 0 Å². The first-order valence-electron chi connectivity index (χ1n) is 7.04. The summed E-state index contributed by atoms with van der Waals surface area (Å²) in [4.78, 5) is 15.8. The molecule has 0 aliphatic rings. The van der Waals surface area contributed by atoms with Crippen molar-refractivity contribution in [1.82, 2.24) is 14.8 Å². The maximum absolute atomic E-state index is 11.6. The monoisotopic (exact) mass is 336 g/mol. The first kappa shape index (κ1) is 15.8. The van der Waals surface area contributed by atoms with E-state index in [0.717, 1.165) is 17.4 Å². The van der Waals surface area contributed by atoms with Crippen LogP contribution in [-0.4, -0.2) is 25.8 Å². The third-order valence-electron chi connectivity index (χ3n) is 3.28. The second-order valence-corrected chi connectivity index (χ2v) is 5.95. The molecule has 1 aromatic heterocycles. The highest BCUT2D eigenvalue weighted by Crippen LogP contribution is 2.33. The highest BCUT2D eigenvalue weighted by atomic mass is 32.2. The number of hydrogen-bond donors (Lipinski definition) is 1. The van der Waals surface area contributed by atoms with Gasteiger partial charge in [0.15, 0.2) is 0 Å². The molecule has 1 heterocycles. The van der Waals surface area contributed by atoms with E-state index < -0.39 is 11.2 Å². The maximum atomic E-state index is 11.6. The van der Waals surface area contributed by atoms with Crippen LogP contribution in [0.25, 0.3) is 5.69 Å². The molecule has 0 radical (unpaired) electrons. The first-order chi connectivity index (χ1) is 11.7. The van der Waals surface area contributed by atoms with Crippen LogP contribution >= 0.6 is 11.8 Å². The number of nitriles is 1. The summed E-state index contributed by atoms with van der Waals surface area (Å²) in [6, 6.07) is 17.9. The number of para-hydroxylation sites is 1. The second-order valence-electron chi connectivity index (χ2n) is 4.88. The van der Waals surface area contributed by atoms with Crippen molar-refractivity contribution in [3.63, 3.8) is 0 Å². The van der Waals surface area contributed by atoms with Crippen molar-refractivity contribution in [1.29, 1.82) is 5.26 Å². The van der Waals surface area contributed by atoms with Gasteiger partial charge in [-0.3, -0.25) is 4.79 Å². The summed E-state index contributed by atoms with van der Waals surface area (Å²) in [5.41, 5.74) is 1.92. The third-order valence-corrected chi connectivity index (χ3v) is 4.39. The van der Waals surface area contributed by atoms with E-state index in [9.17, 15) is 9.90 Å². The minimum atomic E-state index is -0.985. The summed E-state index contributed by atoms with van der Waals surface area (Å²) in [6.45, 7) is 0. The smallest absolute Gasteiger partial charge is 0.321 e. The van der Waals surface area contributed by atoms with Crippen molar-refractivity contribution in [2.24, 2.45) is 0 Å². The fraction of sp³-hybridized carbons (Fsp3) is 0.0588. The molecule has 24 heavy (non-hydrogen) atoms. The number of aromatic nitrogens is 3. The predicted molar refractivity (Wildman–Crippen MR) is 88.7 cm³/mol. The van der Waals surface area contributed by atoms with E-state index in [1.165, 1.54) is 0 Å². The molecular formula is C17H12N4O2S. The Morgan fingerprint density at radius 3 is 2.50 bits per heavy atom. The highest BCUT2D eigenvalue weighted by Gasteiger charge is 2.23. The zero-order chi connectivity index (χ0) is 16.9. The normalized spacial score (nSPS) is 11.6. The number of benzene rings is 2. The Hall–Kier alpha value is -3.11. The lowest BCUT2D eigenvalue weighted by Crippen LogP contribution is -2.08. The minimum Gasteiger partial charge on any atom is -0.480 e. The average molecular weight is 336 g/mol. The number of thioether (sulfide) groups is 1. The number of rotatable bonds is 5. The van der Waals surface area contributed by atoms with Crippen LogP contribution in [0.2, 0.25) is 0 Å². The van der Waals surface area contributed by atoms with Crippen molar-refractivity contribution in [2.75, 3.05) is 0 Å². The number of carboxylic acid groups (broad SMARTS) is 1. The fourth-order valence-corrected chi connectivity index (χ4v) is 2.95. The largest absolute Gasteiger partial charge is 0.480 e. The van der Waals surface area contributed by atoms with Gasteiger partial charge in [0.2, 0.25) is 5.16 Å². The summed E-state index contributed by atoms with van der Waals surface area (Å²) in [7, 11) is 0. The summed E-state index contributed by atoms with van der Waals surface area (Å²) in [5.74, 6) is -0.985. The molecule has 7 heteroatoms. The van der Waals surface area contributed by atoms with Gasteiger partial charge in [0.05, 0.1) is 17.3 Å². The van der Waals surface area contributed by atoms with Crippen molar-refractivity contribution >= 4 is 17.7 Å². The Morgan fingerprint density at radius 2 is 1.88 bits per heavy atom. The van der Waals surface area contributed by atoms with Crippen molar-refractivity contribution in [3.05, 3.63) is 72.1 Å². The minimum absolute atomic E-state index is 0.371. The standard InChI is InChI=1S/C17H12N4O2S/c18-10-12-6-8-13(9-7-12)15(16(22)23)24-17-19-11-21(20-17)14-4-2-1-3-5-14/h1-9,11,15H,(H,22,23). The van der Waals surface area contributed by atoms with Crippen LogP contribution in [0.1, 0.15) is 16.4 Å². The molecule has 0 aliphatic carbocycles. The molecule has 0 bridgehead atoms. The number of nitrogens with zero attached hydrogens (tertiary/aromatic N) is 4. The van der Waals surface area contributed by atoms with Crippen LogP contribution in [0.15, 0.2) is 66.1 Å². The molecule has 6 nitrogen and oxygen atoms in total. The lowest BCUT2D eigenvalue weighted by Gasteiger charge is -2.10. The summed E-state index contributed by atoms with van der Waals surface area (Å²) < 4.78 is 1.60. The molecule has 1 N–H and O–H groups in total. The van der Waals surface area contributed by atoms with Gasteiger partial charge in [0.25, 0.3) is 0 Å². The van der Waals surface area contributed by atoms with Gasteiger partial charge >= 0.3 is 5.97 Å². The van der Waals surface area contributed by atoms with Gasteiger partial charge in [-0.25, -0.2) is 9.67 Å². The first-order valence-corrected chi connectivity index (χ1v) is 7.92. The Labute approximate surface area is 142 Å². The van der Waals surface area contributed by atoms with Crippen molar-refractivity contribution in [3.8, 4) is 11.8 Å². The van der Waals surface area contributed by atoms with E-state index in [1.54, 1.807) is 35.3 Å². The van der Waals surface area contributed by atoms with Gasteiger partial charge in [0, 0.05) is 0 Å². The zero-order valence-electron chi connectivity index (χ0n) is 12.4. The van der Waals surface area contributed by atoms with Crippen LogP contribution < -0.4 is 0 Å². The molecule has 0 aliphatic heterocycles. The molecule has 1 unspecified atom stereocenters. The summed E-state index contributed by atoms with van der Waals surface area (Å²) >= 11 is 1.05. The van der Waals surface area contributed by atoms with Crippen LogP contribution in [-0.2, 0) is 4.79 Å². The van der Waals surface area contributed by atoms with Crippen LogP contribution in [0.5, 0.6) is 0 Å². The van der Waals surface area contributed by atoms with Gasteiger partial charge in [-0.2, -0.15) is 5.26 Å². The molecule has 2 aromatic carbocycles. The van der Waals surface area contributed by atoms with E-state index in [1.807, 2.05) is 36.4 Å². The Bertz CT molecular complexity index is 885. The third kappa shape index (κ3) is 3.45. The number of hydrogen-bond acceptors (Lipinski definition) is 5. The van der Waals surface area contributed by atoms with Crippen LogP contribution in [0.4, 0.5) is 0 Å². The average Bonchev–Trinajstić information content (AvgIpc) is 3.09. The maximum Gasteiger partial charge on any atom is 0.321 e. The fourth-order valence-electron chi connectivity index (χ4n) is 2.11. The van der Waals surface area contributed by atoms with E-state index in [0.29, 0.717) is 16.3 Å². The molecular weight excluding hydrogens is 324 g/mol. The summed E-state index contributed by atoms with van der Waals surface area (Å²) in [5, 5.41) is 22.2. The molecule has 0 saturated carbocycles. The topological polar surface area (TPSA) is 91.8 Å². The van der Waals surface area contributed by atoms with Gasteiger partial charge in [-0.1, -0.05) is 42.1 Å². The lowest BCUT2D eigenvalue weighted by atomic mass is 10.1. The van der Waals surface area contributed by atoms with Gasteiger partial charge in [0.1, 0.15) is 11.6 Å². The van der Waals surface area contributed by atoms with Gasteiger partial charge in [-0.05, 0) is 29.8 Å². The highest BCUT2D eigenvalue weighted by molar-refractivity contribution is 8.00. The summed E-state index contributed by atoms with van der Waals surface area (Å²) in [6.07, 6.45) is 1.55. The van der Waals surface area contributed by atoms with Crippen LogP contribution in [0.3, 0.4) is 0 Å². The molecule has 0 amide bonds. The van der Waals surface area contributed by atoms with Crippen LogP contribution in [0, 0.1) is 11.3 Å². The molecule has 3 rings (SSSR count). The predicted octanol–water partition coefficient (Wildman–Crippen LogP) is 3.06. The molecule has 3 aromatic rings. The van der Waals surface area contributed by atoms with E-state index in [2.05, 4.69) is 10.1 Å². The molecule has 0 spiro atoms. The van der Waals surface area contributed by atoms with Crippen molar-refractivity contribution in [2.45, 2.75) is 10.4 Å².